The second-order valence-corrected chi connectivity index (χ2v) is 7.11. The molecular formula is C22H12ClF2N3O. The molecule has 0 amide bonds. The monoisotopic (exact) mass is 407 g/mol. The van der Waals surface area contributed by atoms with Crippen LogP contribution in [0.1, 0.15) is 11.1 Å². The Morgan fingerprint density at radius 2 is 1.72 bits per heavy atom. The molecule has 29 heavy (non-hydrogen) atoms. The fourth-order valence-corrected chi connectivity index (χ4v) is 3.54. The summed E-state index contributed by atoms with van der Waals surface area (Å²) in [4.78, 5) is 11.7. The minimum atomic E-state index is -0.683. The van der Waals surface area contributed by atoms with Gasteiger partial charge in [-0.2, -0.15) is 0 Å². The fraction of sp³-hybridized carbons (Fsp3) is 0. The summed E-state index contributed by atoms with van der Waals surface area (Å²) in [6.45, 7) is 0. The average Bonchev–Trinajstić information content (AvgIpc) is 3.21. The maximum atomic E-state index is 13.5. The Bertz CT molecular complexity index is 1440. The van der Waals surface area contributed by atoms with Crippen molar-refractivity contribution in [2.75, 3.05) is 0 Å². The van der Waals surface area contributed by atoms with Crippen molar-refractivity contribution in [1.82, 2.24) is 4.98 Å². The molecule has 1 aliphatic heterocycles. The lowest BCUT2D eigenvalue weighted by atomic mass is 10.1. The Labute approximate surface area is 168 Å². The van der Waals surface area contributed by atoms with Crippen LogP contribution in [0, 0.1) is 11.6 Å². The number of aromatic amines is 1. The Kier molecular flexibility index (Phi) is 3.96. The molecule has 0 saturated carbocycles. The molecule has 0 unspecified atom stereocenters. The van der Waals surface area contributed by atoms with E-state index in [-0.39, 0.29) is 17.3 Å². The van der Waals surface area contributed by atoms with Crippen LogP contribution in [0.2, 0.25) is 5.02 Å². The van der Waals surface area contributed by atoms with Gasteiger partial charge in [0.15, 0.2) is 11.7 Å². The van der Waals surface area contributed by atoms with Crippen LogP contribution in [0.25, 0.3) is 17.0 Å². The molecule has 7 heteroatoms. The third kappa shape index (κ3) is 3.17. The molecule has 3 aromatic carbocycles. The van der Waals surface area contributed by atoms with Crippen molar-refractivity contribution in [2.45, 2.75) is 0 Å². The van der Waals surface area contributed by atoms with E-state index < -0.39 is 11.6 Å². The summed E-state index contributed by atoms with van der Waals surface area (Å²) in [5, 5.41) is 13.1. The van der Waals surface area contributed by atoms with Gasteiger partial charge in [0.05, 0.1) is 16.6 Å². The molecule has 0 fully saturated rings. The number of nitrogens with one attached hydrogen (secondary N) is 1. The molecule has 4 nitrogen and oxygen atoms in total. The molecular weight excluding hydrogens is 396 g/mol. The van der Waals surface area contributed by atoms with E-state index in [0.29, 0.717) is 21.6 Å². The zero-order valence-corrected chi connectivity index (χ0v) is 15.5. The van der Waals surface area contributed by atoms with Gasteiger partial charge in [-0.15, -0.1) is 0 Å². The number of aliphatic imine (C=N–C) groups is 1. The molecule has 4 aromatic rings. The van der Waals surface area contributed by atoms with Crippen LogP contribution >= 0.6 is 11.6 Å². The summed E-state index contributed by atoms with van der Waals surface area (Å²) in [7, 11) is 0. The van der Waals surface area contributed by atoms with Crippen LogP contribution < -0.4 is 10.6 Å². The Morgan fingerprint density at radius 1 is 0.931 bits per heavy atom. The number of hydrogen-bond donors (Lipinski definition) is 2. The summed E-state index contributed by atoms with van der Waals surface area (Å²) < 4.78 is 27.0. The number of hydrogen-bond acceptors (Lipinski definition) is 3. The van der Waals surface area contributed by atoms with Crippen LogP contribution in [0.3, 0.4) is 0 Å². The highest BCUT2D eigenvalue weighted by Crippen LogP contribution is 2.29. The molecule has 0 bridgehead atoms. The van der Waals surface area contributed by atoms with Gasteiger partial charge in [-0.25, -0.2) is 18.8 Å². The van der Waals surface area contributed by atoms with Crippen LogP contribution in [0.5, 0.6) is 5.88 Å². The number of H-pyrrole nitrogens is 1. The second kappa shape index (κ2) is 6.53. The van der Waals surface area contributed by atoms with Crippen LogP contribution in [-0.4, -0.2) is 15.9 Å². The summed E-state index contributed by atoms with van der Waals surface area (Å²) >= 11 is 6.00. The minimum absolute atomic E-state index is 0.0341. The highest BCUT2D eigenvalue weighted by molar-refractivity contribution is 6.31. The molecule has 1 aliphatic rings. The summed E-state index contributed by atoms with van der Waals surface area (Å²) in [5.74, 6) is -1.08. The van der Waals surface area contributed by atoms with Crippen LogP contribution in [0.4, 0.5) is 14.5 Å². The van der Waals surface area contributed by atoms with Crippen LogP contribution in [0.15, 0.2) is 64.6 Å². The number of benzene rings is 3. The van der Waals surface area contributed by atoms with E-state index in [1.54, 1.807) is 24.3 Å². The number of amidine groups is 1. The molecule has 142 valence electrons. The first-order chi connectivity index (χ1) is 14.0. The first-order valence-corrected chi connectivity index (χ1v) is 9.10. The van der Waals surface area contributed by atoms with E-state index in [2.05, 4.69) is 15.0 Å². The van der Waals surface area contributed by atoms with E-state index in [0.717, 1.165) is 22.2 Å². The van der Waals surface area contributed by atoms with Gasteiger partial charge in [0.1, 0.15) is 11.6 Å². The van der Waals surface area contributed by atoms with E-state index in [4.69, 9.17) is 11.6 Å². The minimum Gasteiger partial charge on any atom is -0.494 e. The molecule has 0 atom stereocenters. The van der Waals surface area contributed by atoms with Crippen molar-refractivity contribution >= 4 is 40.1 Å². The van der Waals surface area contributed by atoms with Gasteiger partial charge in [-0.05, 0) is 47.7 Å². The smallest absolute Gasteiger partial charge is 0.196 e. The zero-order valence-electron chi connectivity index (χ0n) is 14.7. The molecule has 0 spiro atoms. The van der Waals surface area contributed by atoms with Gasteiger partial charge in [0.2, 0.25) is 0 Å². The summed E-state index contributed by atoms with van der Waals surface area (Å²) in [5.41, 5.74) is 2.21. The third-order valence-electron chi connectivity index (χ3n) is 4.66. The Balaban J connectivity index is 1.60. The van der Waals surface area contributed by atoms with Gasteiger partial charge in [-0.3, -0.25) is 0 Å². The highest BCUT2D eigenvalue weighted by atomic mass is 35.5. The normalized spacial score (nSPS) is 13.5. The van der Waals surface area contributed by atoms with Gasteiger partial charge in [-0.1, -0.05) is 23.7 Å². The van der Waals surface area contributed by atoms with Crippen molar-refractivity contribution < 1.29 is 13.9 Å². The van der Waals surface area contributed by atoms with Gasteiger partial charge >= 0.3 is 0 Å². The van der Waals surface area contributed by atoms with Crippen molar-refractivity contribution in [3.63, 3.8) is 0 Å². The van der Waals surface area contributed by atoms with Crippen molar-refractivity contribution in [3.8, 4) is 5.88 Å². The first-order valence-electron chi connectivity index (χ1n) is 8.72. The Morgan fingerprint density at radius 3 is 2.52 bits per heavy atom. The molecule has 2 heterocycles. The number of aromatic hydroxyl groups is 1. The van der Waals surface area contributed by atoms with Crippen molar-refractivity contribution in [3.05, 3.63) is 93.0 Å². The predicted molar refractivity (Wildman–Crippen MR) is 108 cm³/mol. The van der Waals surface area contributed by atoms with Gasteiger partial charge < -0.3 is 10.1 Å². The second-order valence-electron chi connectivity index (χ2n) is 6.68. The maximum absolute atomic E-state index is 13.5. The lowest BCUT2D eigenvalue weighted by Gasteiger charge is -1.98. The molecule has 0 saturated heterocycles. The van der Waals surface area contributed by atoms with Crippen molar-refractivity contribution in [2.24, 2.45) is 9.98 Å². The quantitative estimate of drug-likeness (QED) is 0.510. The molecule has 1 aromatic heterocycles. The van der Waals surface area contributed by atoms with E-state index in [1.807, 2.05) is 18.2 Å². The Hall–Kier alpha value is -3.51. The zero-order chi connectivity index (χ0) is 20.1. The molecule has 5 rings (SSSR count). The average molecular weight is 408 g/mol. The maximum Gasteiger partial charge on any atom is 0.196 e. The standard InChI is InChI=1S/C22H12ClF2N3O/c23-13-2-3-16-17(22(29)28-19(16)9-13)5-11-1-4-18-20(6-11)27-21(26-18)12-7-14(24)10-15(25)8-12/h1-10,28-29H/b11-5-. The number of aromatic nitrogens is 1. The molecule has 0 aliphatic carbocycles. The van der Waals surface area contributed by atoms with Gasteiger partial charge in [0.25, 0.3) is 0 Å². The molecule has 0 radical (unpaired) electrons. The third-order valence-corrected chi connectivity index (χ3v) is 4.90. The van der Waals surface area contributed by atoms with E-state index >= 15 is 0 Å². The first kappa shape index (κ1) is 17.6. The summed E-state index contributed by atoms with van der Waals surface area (Å²) in [6.07, 6.45) is 1.82. The fourth-order valence-electron chi connectivity index (χ4n) is 3.37. The van der Waals surface area contributed by atoms with Gasteiger partial charge in [0, 0.05) is 27.6 Å². The van der Waals surface area contributed by atoms with Crippen LogP contribution in [-0.2, 0) is 0 Å². The van der Waals surface area contributed by atoms with Crippen molar-refractivity contribution in [1.29, 1.82) is 0 Å². The molecule has 2 N–H and O–H groups in total. The lowest BCUT2D eigenvalue weighted by Crippen LogP contribution is -2.07. The highest BCUT2D eigenvalue weighted by Gasteiger charge is 2.13. The summed E-state index contributed by atoms with van der Waals surface area (Å²) in [6, 6.07) is 13.9. The predicted octanol–water partition coefficient (Wildman–Crippen LogP) is 4.35. The number of fused-ring (bicyclic) bond motifs is 2. The topological polar surface area (TPSA) is 60.7 Å². The van der Waals surface area contributed by atoms with E-state index in [1.165, 1.54) is 12.1 Å². The number of halogens is 3. The lowest BCUT2D eigenvalue weighted by molar-refractivity contribution is 0.457. The van der Waals surface area contributed by atoms with E-state index in [9.17, 15) is 13.9 Å². The number of rotatable bonds is 2. The number of nitrogens with zero attached hydrogens (tertiary/aromatic N) is 2. The largest absolute Gasteiger partial charge is 0.494 e. The SMILES string of the molecule is Oc1[nH]c2cc(Cl)ccc2c1/C=c1/ccc2c(c1)N=C(c1cc(F)cc(F)c1)N=2.